The van der Waals surface area contributed by atoms with Crippen molar-refractivity contribution < 1.29 is 9.47 Å². The average molecular weight is 305 g/mol. The largest absolute Gasteiger partial charge is 0.494 e. The molecule has 1 fully saturated rings. The third-order valence-corrected chi connectivity index (χ3v) is 3.70. The number of nitrogens with one attached hydrogen (secondary N) is 2. The van der Waals surface area contributed by atoms with E-state index in [4.69, 9.17) is 9.47 Å². The number of hydrogen-bond acceptors (Lipinski definition) is 5. The maximum atomic E-state index is 11.7. The predicted octanol–water partition coefficient (Wildman–Crippen LogP) is 0.318. The van der Waals surface area contributed by atoms with Crippen LogP contribution in [-0.4, -0.2) is 54.3 Å². The molecule has 2 aromatic rings. The average Bonchev–Trinajstić information content (AvgIpc) is 2.53. The first-order chi connectivity index (χ1) is 10.7. The summed E-state index contributed by atoms with van der Waals surface area (Å²) < 4.78 is 11.0. The Morgan fingerprint density at radius 1 is 1.18 bits per heavy atom. The first-order valence-electron chi connectivity index (χ1n) is 7.42. The molecule has 7 nitrogen and oxygen atoms in total. The van der Waals surface area contributed by atoms with Crippen LogP contribution in [0.5, 0.6) is 5.75 Å². The quantitative estimate of drug-likeness (QED) is 0.777. The lowest BCUT2D eigenvalue weighted by Crippen LogP contribution is -2.37. The zero-order valence-electron chi connectivity index (χ0n) is 12.3. The molecule has 0 atom stereocenters. The molecule has 22 heavy (non-hydrogen) atoms. The Morgan fingerprint density at radius 2 is 2.00 bits per heavy atom. The SMILES string of the molecule is O=c1[nH]c(=O)c2cc(OCCCN3CCOCC3)ccc2[nH]1. The summed E-state index contributed by atoms with van der Waals surface area (Å²) >= 11 is 0. The normalized spacial score (nSPS) is 16.0. The van der Waals surface area contributed by atoms with Crippen LogP contribution in [0, 0.1) is 0 Å². The van der Waals surface area contributed by atoms with E-state index in [9.17, 15) is 9.59 Å². The molecule has 0 aliphatic carbocycles. The molecule has 2 heterocycles. The minimum absolute atomic E-state index is 0.405. The molecule has 0 unspecified atom stereocenters. The van der Waals surface area contributed by atoms with Crippen LogP contribution >= 0.6 is 0 Å². The molecule has 1 aliphatic rings. The standard InChI is InChI=1S/C15H19N3O4/c19-14-12-10-11(2-3-13(12)16-15(20)17-14)22-7-1-4-18-5-8-21-9-6-18/h2-3,10H,1,4-9H2,(H2,16,17,19,20). The van der Waals surface area contributed by atoms with Crippen molar-refractivity contribution in [1.82, 2.24) is 14.9 Å². The van der Waals surface area contributed by atoms with Gasteiger partial charge in [-0.05, 0) is 24.6 Å². The number of aromatic nitrogens is 2. The van der Waals surface area contributed by atoms with E-state index in [0.717, 1.165) is 39.3 Å². The summed E-state index contributed by atoms with van der Waals surface area (Å²) in [5.74, 6) is 0.632. The van der Waals surface area contributed by atoms with Crippen LogP contribution in [0.25, 0.3) is 10.9 Å². The first-order valence-corrected chi connectivity index (χ1v) is 7.42. The van der Waals surface area contributed by atoms with E-state index in [2.05, 4.69) is 14.9 Å². The van der Waals surface area contributed by atoms with E-state index in [0.29, 0.717) is 23.3 Å². The summed E-state index contributed by atoms with van der Waals surface area (Å²) in [5, 5.41) is 0.422. The van der Waals surface area contributed by atoms with E-state index in [1.165, 1.54) is 0 Å². The zero-order valence-corrected chi connectivity index (χ0v) is 12.3. The van der Waals surface area contributed by atoms with Gasteiger partial charge in [-0.25, -0.2) is 4.79 Å². The number of rotatable bonds is 5. The molecule has 0 bridgehead atoms. The molecule has 0 radical (unpaired) electrons. The van der Waals surface area contributed by atoms with Crippen molar-refractivity contribution in [2.45, 2.75) is 6.42 Å². The number of aromatic amines is 2. The summed E-state index contributed by atoms with van der Waals surface area (Å²) in [6.07, 6.45) is 0.917. The number of hydrogen-bond donors (Lipinski definition) is 2. The van der Waals surface area contributed by atoms with Crippen molar-refractivity contribution in [1.29, 1.82) is 0 Å². The lowest BCUT2D eigenvalue weighted by molar-refractivity contribution is 0.0358. The van der Waals surface area contributed by atoms with Gasteiger partial charge in [0.2, 0.25) is 0 Å². The van der Waals surface area contributed by atoms with E-state index in [1.807, 2.05) is 0 Å². The van der Waals surface area contributed by atoms with E-state index < -0.39 is 11.2 Å². The van der Waals surface area contributed by atoms with E-state index >= 15 is 0 Å². The van der Waals surface area contributed by atoms with Crippen LogP contribution in [0.1, 0.15) is 6.42 Å². The summed E-state index contributed by atoms with van der Waals surface area (Å²) in [6.45, 7) is 5.10. The summed E-state index contributed by atoms with van der Waals surface area (Å²) in [5.41, 5.74) is -0.399. The lowest BCUT2D eigenvalue weighted by atomic mass is 10.2. The van der Waals surface area contributed by atoms with Crippen LogP contribution in [-0.2, 0) is 4.74 Å². The fraction of sp³-hybridized carbons (Fsp3) is 0.467. The van der Waals surface area contributed by atoms with Gasteiger partial charge in [-0.1, -0.05) is 0 Å². The molecule has 1 aromatic carbocycles. The van der Waals surface area contributed by atoms with Crippen LogP contribution in [0.4, 0.5) is 0 Å². The molecule has 2 N–H and O–H groups in total. The third kappa shape index (κ3) is 3.55. The molecule has 1 aliphatic heterocycles. The molecular weight excluding hydrogens is 286 g/mol. The van der Waals surface area contributed by atoms with Gasteiger partial charge in [-0.3, -0.25) is 14.7 Å². The highest BCUT2D eigenvalue weighted by molar-refractivity contribution is 5.78. The Labute approximate surface area is 126 Å². The van der Waals surface area contributed by atoms with Gasteiger partial charge in [0.15, 0.2) is 0 Å². The predicted molar refractivity (Wildman–Crippen MR) is 82.6 cm³/mol. The molecule has 7 heteroatoms. The molecule has 0 spiro atoms. The Kier molecular flexibility index (Phi) is 4.55. The second kappa shape index (κ2) is 6.76. The summed E-state index contributed by atoms with van der Waals surface area (Å²) in [4.78, 5) is 30.1. The van der Waals surface area contributed by atoms with Gasteiger partial charge in [-0.15, -0.1) is 0 Å². The van der Waals surface area contributed by atoms with Gasteiger partial charge >= 0.3 is 5.69 Å². The number of H-pyrrole nitrogens is 2. The van der Waals surface area contributed by atoms with Gasteiger partial charge in [0, 0.05) is 19.6 Å². The van der Waals surface area contributed by atoms with E-state index in [1.54, 1.807) is 18.2 Å². The summed E-state index contributed by atoms with van der Waals surface area (Å²) in [6, 6.07) is 5.09. The molecule has 0 amide bonds. The Hall–Kier alpha value is -2.12. The minimum atomic E-state index is -0.503. The molecule has 1 saturated heterocycles. The fourth-order valence-corrected chi connectivity index (χ4v) is 2.54. The molecule has 118 valence electrons. The zero-order chi connectivity index (χ0) is 15.4. The molecule has 3 rings (SSSR count). The highest BCUT2D eigenvalue weighted by atomic mass is 16.5. The van der Waals surface area contributed by atoms with Crippen molar-refractivity contribution in [2.24, 2.45) is 0 Å². The van der Waals surface area contributed by atoms with Crippen molar-refractivity contribution in [2.75, 3.05) is 39.5 Å². The molecule has 0 saturated carbocycles. The van der Waals surface area contributed by atoms with E-state index in [-0.39, 0.29) is 0 Å². The molecular formula is C15H19N3O4. The van der Waals surface area contributed by atoms with Crippen molar-refractivity contribution >= 4 is 10.9 Å². The van der Waals surface area contributed by atoms with Crippen molar-refractivity contribution in [3.05, 3.63) is 39.0 Å². The number of ether oxygens (including phenoxy) is 2. The second-order valence-corrected chi connectivity index (χ2v) is 5.27. The van der Waals surface area contributed by atoms with Gasteiger partial charge in [0.05, 0.1) is 30.7 Å². The Morgan fingerprint density at radius 3 is 2.82 bits per heavy atom. The van der Waals surface area contributed by atoms with Gasteiger partial charge in [0.1, 0.15) is 5.75 Å². The maximum Gasteiger partial charge on any atom is 0.326 e. The van der Waals surface area contributed by atoms with Crippen molar-refractivity contribution in [3.63, 3.8) is 0 Å². The molecule has 1 aromatic heterocycles. The number of morpholine rings is 1. The number of benzene rings is 1. The van der Waals surface area contributed by atoms with Crippen LogP contribution in [0.15, 0.2) is 27.8 Å². The number of fused-ring (bicyclic) bond motifs is 1. The first kappa shape index (κ1) is 14.8. The van der Waals surface area contributed by atoms with Crippen molar-refractivity contribution in [3.8, 4) is 5.75 Å². The van der Waals surface area contributed by atoms with Gasteiger partial charge in [0.25, 0.3) is 5.56 Å². The smallest absolute Gasteiger partial charge is 0.326 e. The third-order valence-electron chi connectivity index (χ3n) is 3.70. The summed E-state index contributed by atoms with van der Waals surface area (Å²) in [7, 11) is 0. The maximum absolute atomic E-state index is 11.7. The lowest BCUT2D eigenvalue weighted by Gasteiger charge is -2.26. The van der Waals surface area contributed by atoms with Gasteiger partial charge in [-0.2, -0.15) is 0 Å². The Balaban J connectivity index is 1.57. The van der Waals surface area contributed by atoms with Crippen LogP contribution in [0.3, 0.4) is 0 Å². The second-order valence-electron chi connectivity index (χ2n) is 5.27. The van der Waals surface area contributed by atoms with Crippen LogP contribution < -0.4 is 16.0 Å². The topological polar surface area (TPSA) is 87.4 Å². The van der Waals surface area contributed by atoms with Gasteiger partial charge < -0.3 is 14.5 Å². The number of nitrogens with zero attached hydrogens (tertiary/aromatic N) is 1. The van der Waals surface area contributed by atoms with Crippen LogP contribution in [0.2, 0.25) is 0 Å². The fourth-order valence-electron chi connectivity index (χ4n) is 2.54. The Bertz CT molecular complexity index is 746. The minimum Gasteiger partial charge on any atom is -0.494 e. The monoisotopic (exact) mass is 305 g/mol. The highest BCUT2D eigenvalue weighted by Crippen LogP contribution is 2.15. The highest BCUT2D eigenvalue weighted by Gasteiger charge is 2.09.